The molecule has 4 aromatic carbocycles. The number of nitrogen functional groups attached to an aromatic ring is 1. The molecule has 0 aliphatic carbocycles. The van der Waals surface area contributed by atoms with E-state index in [4.69, 9.17) is 17.2 Å². The first-order chi connectivity index (χ1) is 26.9. The molecular formula is C48H70N8U2-2. The first kappa shape index (κ1) is 60.8. The van der Waals surface area contributed by atoms with Crippen molar-refractivity contribution in [3.05, 3.63) is 187 Å². The van der Waals surface area contributed by atoms with Gasteiger partial charge >= 0.3 is 0 Å². The first-order valence-electron chi connectivity index (χ1n) is 18.8. The van der Waals surface area contributed by atoms with Crippen LogP contribution in [0.5, 0.6) is 0 Å². The predicted octanol–water partition coefficient (Wildman–Crippen LogP) is 11.1. The van der Waals surface area contributed by atoms with Crippen molar-refractivity contribution in [3.63, 3.8) is 0 Å². The molecule has 0 bridgehead atoms. The van der Waals surface area contributed by atoms with Gasteiger partial charge in [-0.15, -0.1) is 24.3 Å². The monoisotopic (exact) mass is 1230 g/mol. The molecule has 0 saturated heterocycles. The van der Waals surface area contributed by atoms with Gasteiger partial charge in [-0.25, -0.2) is 0 Å². The Morgan fingerprint density at radius 2 is 1.16 bits per heavy atom. The maximum Gasteiger partial charge on any atom is 0.0381 e. The Bertz CT molecular complexity index is 1750. The maximum absolute atomic E-state index is 5.95. The van der Waals surface area contributed by atoms with E-state index in [1.54, 1.807) is 12.2 Å². The summed E-state index contributed by atoms with van der Waals surface area (Å²) in [5.74, 6) is 0.992. The van der Waals surface area contributed by atoms with Crippen LogP contribution in [0.2, 0.25) is 0 Å². The van der Waals surface area contributed by atoms with E-state index in [-0.39, 0.29) is 62.2 Å². The van der Waals surface area contributed by atoms with E-state index >= 15 is 0 Å². The van der Waals surface area contributed by atoms with E-state index in [9.17, 15) is 0 Å². The summed E-state index contributed by atoms with van der Waals surface area (Å²) in [6.45, 7) is 23.8. The van der Waals surface area contributed by atoms with E-state index < -0.39 is 0 Å². The third kappa shape index (κ3) is 28.5. The molecule has 0 amide bonds. The number of hydrogen-bond donors (Lipinski definition) is 8. The van der Waals surface area contributed by atoms with E-state index in [2.05, 4.69) is 111 Å². The number of nitrogens with two attached hydrogens (primary N) is 5. The Labute approximate surface area is 399 Å². The minimum atomic E-state index is 0. The fourth-order valence-electron chi connectivity index (χ4n) is 4.34. The van der Waals surface area contributed by atoms with E-state index in [1.807, 2.05) is 113 Å². The van der Waals surface area contributed by atoms with Crippen LogP contribution in [0.3, 0.4) is 0 Å². The van der Waals surface area contributed by atoms with Gasteiger partial charge in [-0.05, 0) is 112 Å². The van der Waals surface area contributed by atoms with Crippen molar-refractivity contribution in [2.45, 2.75) is 67.2 Å². The molecular weight excluding hydrogens is 1160 g/mol. The topological polar surface area (TPSA) is 166 Å². The van der Waals surface area contributed by atoms with Gasteiger partial charge in [0.05, 0.1) is 0 Å². The van der Waals surface area contributed by atoms with Crippen LogP contribution >= 0.6 is 0 Å². The molecule has 0 fully saturated rings. The van der Waals surface area contributed by atoms with Crippen molar-refractivity contribution in [1.29, 1.82) is 0 Å². The molecule has 0 unspecified atom stereocenters. The second-order valence-corrected chi connectivity index (χ2v) is 12.1. The normalized spacial score (nSPS) is 10.3. The van der Waals surface area contributed by atoms with Crippen molar-refractivity contribution >= 4 is 28.4 Å². The van der Waals surface area contributed by atoms with Crippen LogP contribution in [0.1, 0.15) is 78.4 Å². The SMILES string of the molecule is C=C(N)/C=C\C(=C/C)Nc1cc[c-]cc1.C=C/C(N)=C\C=C(/C)Nc1ccc(C(C)C)cc1.CC.CC(C)c1cc(Nc2cc[c-]cc2)ccc1N.CN.CN.[U].[U]. The Hall–Kier alpha value is -3.86. The third-order valence-electron chi connectivity index (χ3n) is 7.19. The molecule has 0 saturated carbocycles. The van der Waals surface area contributed by atoms with Crippen LogP contribution in [-0.4, -0.2) is 14.1 Å². The molecule has 4 aromatic rings. The van der Waals surface area contributed by atoms with Gasteiger partial charge in [0, 0.05) is 102 Å². The number of nitrogens with one attached hydrogen (secondary N) is 3. The quantitative estimate of drug-likeness (QED) is 0.0394. The van der Waals surface area contributed by atoms with E-state index in [1.165, 1.54) is 25.2 Å². The fraction of sp³-hybridized carbons (Fsp3) is 0.250. The molecule has 0 radical (unpaired) electrons. The van der Waals surface area contributed by atoms with Crippen LogP contribution in [-0.2, 0) is 0 Å². The van der Waals surface area contributed by atoms with Crippen molar-refractivity contribution < 1.29 is 62.2 Å². The standard InChI is InChI=1S/C16H22N2.C15H17N2.C13H15N2.C2H6.2CH5N.2U/c1-5-15(17)9-6-13(4)18-16-10-7-14(8-11-16)12(2)3;1-11(2)14-10-13(8-9-15(14)16)17-12-6-4-3-5-7-12;1-3-12(10-9-11(2)14)15-13-7-5-4-6-8-13;3*1-2;;/h5-12,18H,1,17H2,2-4H3;4-11,17H,16H2,1-2H3;3,5-10,15H,2,14H2,1H3;1-2H3;2*2H2,1H3;;/q;2*-1;;;;;/b13-6+,15-9+;;10-9-,12-3+;;;;;. The van der Waals surface area contributed by atoms with Gasteiger partial charge in [0.1, 0.15) is 0 Å². The average molecular weight is 1240 g/mol. The largest absolute Gasteiger partial charge is 0.399 e. The molecule has 8 nitrogen and oxygen atoms in total. The van der Waals surface area contributed by atoms with Crippen molar-refractivity contribution in [1.82, 2.24) is 0 Å². The molecule has 312 valence electrons. The summed E-state index contributed by atoms with van der Waals surface area (Å²) >= 11 is 0. The third-order valence-corrected chi connectivity index (χ3v) is 7.19. The summed E-state index contributed by atoms with van der Waals surface area (Å²) in [6, 6.07) is 35.9. The Morgan fingerprint density at radius 1 is 0.672 bits per heavy atom. The predicted molar refractivity (Wildman–Crippen MR) is 251 cm³/mol. The summed E-state index contributed by atoms with van der Waals surface area (Å²) in [5.41, 5.74) is 36.9. The molecule has 0 spiro atoms. The van der Waals surface area contributed by atoms with Gasteiger partial charge in [0.2, 0.25) is 0 Å². The Morgan fingerprint density at radius 3 is 1.60 bits per heavy atom. The number of allylic oxidation sites excluding steroid dienone is 7. The van der Waals surface area contributed by atoms with Gasteiger partial charge in [-0.2, -0.15) is 36.4 Å². The summed E-state index contributed by atoms with van der Waals surface area (Å²) in [6.07, 6.45) is 11.0. The zero-order valence-electron chi connectivity index (χ0n) is 36.6. The molecule has 58 heavy (non-hydrogen) atoms. The summed E-state index contributed by atoms with van der Waals surface area (Å²) in [7, 11) is 3.00. The van der Waals surface area contributed by atoms with Gasteiger partial charge in [0.25, 0.3) is 0 Å². The average Bonchev–Trinajstić information content (AvgIpc) is 3.22. The molecule has 10 heteroatoms. The summed E-state index contributed by atoms with van der Waals surface area (Å²) < 4.78 is 0. The van der Waals surface area contributed by atoms with Crippen LogP contribution < -0.4 is 44.6 Å². The van der Waals surface area contributed by atoms with Gasteiger partial charge in [-0.3, -0.25) is 0 Å². The smallest absolute Gasteiger partial charge is 0.0381 e. The molecule has 0 atom stereocenters. The number of benzene rings is 4. The minimum absolute atomic E-state index is 0. The van der Waals surface area contributed by atoms with Gasteiger partial charge < -0.3 is 44.6 Å². The van der Waals surface area contributed by atoms with E-state index in [0.717, 1.165) is 39.8 Å². The van der Waals surface area contributed by atoms with Crippen molar-refractivity contribution in [3.8, 4) is 0 Å². The van der Waals surface area contributed by atoms with Crippen LogP contribution in [0, 0.1) is 74.4 Å². The maximum atomic E-state index is 5.95. The zero-order chi connectivity index (χ0) is 42.9. The van der Waals surface area contributed by atoms with Crippen molar-refractivity contribution in [2.75, 3.05) is 35.8 Å². The zero-order valence-corrected chi connectivity index (χ0v) is 44.9. The van der Waals surface area contributed by atoms with Gasteiger partial charge in [-0.1, -0.05) is 84.3 Å². The van der Waals surface area contributed by atoms with Crippen LogP contribution in [0.25, 0.3) is 0 Å². The Balaban J connectivity index is -0.000000349. The molecule has 0 aliphatic heterocycles. The molecule has 0 heterocycles. The summed E-state index contributed by atoms with van der Waals surface area (Å²) in [4.78, 5) is 0. The first-order valence-corrected chi connectivity index (χ1v) is 18.8. The molecule has 0 aromatic heterocycles. The number of anilines is 5. The summed E-state index contributed by atoms with van der Waals surface area (Å²) in [5, 5.41) is 9.91. The van der Waals surface area contributed by atoms with Crippen LogP contribution in [0.15, 0.2) is 163 Å². The fourth-order valence-corrected chi connectivity index (χ4v) is 4.34. The molecule has 13 N–H and O–H groups in total. The number of hydrogen-bond acceptors (Lipinski definition) is 8. The van der Waals surface area contributed by atoms with Crippen molar-refractivity contribution in [2.24, 2.45) is 22.9 Å². The second-order valence-electron chi connectivity index (χ2n) is 12.1. The number of rotatable bonds is 12. The van der Waals surface area contributed by atoms with E-state index in [0.29, 0.717) is 23.2 Å². The molecule has 4 rings (SSSR count). The molecule has 0 aliphatic rings. The van der Waals surface area contributed by atoms with Crippen LogP contribution in [0.4, 0.5) is 28.4 Å². The Kier molecular flexibility index (Phi) is 40.5. The minimum Gasteiger partial charge on any atom is -0.399 e. The second kappa shape index (κ2) is 38.7. The van der Waals surface area contributed by atoms with Gasteiger partial charge in [0.15, 0.2) is 0 Å².